The number of rotatable bonds is 1. The van der Waals surface area contributed by atoms with Gasteiger partial charge in [0, 0.05) is 5.39 Å². The molecule has 3 heteroatoms. The van der Waals surface area contributed by atoms with Gasteiger partial charge in [-0.1, -0.05) is 42.5 Å². The fraction of sp³-hybridized carbons (Fsp3) is 0. The Morgan fingerprint density at radius 1 is 0.864 bits per heavy atom. The number of pyridine rings is 1. The Kier molecular flexibility index (Phi) is 2.22. The molecule has 0 aliphatic carbocycles. The Morgan fingerprint density at radius 3 is 2.59 bits per heavy atom. The van der Waals surface area contributed by atoms with E-state index in [1.165, 1.54) is 5.56 Å². The number of hydrogen-bond acceptors (Lipinski definition) is 2. The molecular weight excluding hydrogens is 272 g/mol. The first-order chi connectivity index (χ1) is 10.9. The lowest BCUT2D eigenvalue weighted by Crippen LogP contribution is -1.92. The molecule has 0 unspecified atom stereocenters. The summed E-state index contributed by atoms with van der Waals surface area (Å²) in [5.41, 5.74) is 6.05. The Balaban J connectivity index is 2.06. The van der Waals surface area contributed by atoms with Gasteiger partial charge in [-0.25, -0.2) is 4.98 Å². The van der Waals surface area contributed by atoms with Crippen molar-refractivity contribution in [1.29, 1.82) is 0 Å². The highest BCUT2D eigenvalue weighted by Crippen LogP contribution is 2.31. The van der Waals surface area contributed by atoms with Crippen molar-refractivity contribution < 1.29 is 4.42 Å². The number of para-hydroxylation sites is 2. The SMILES string of the molecule is c1ccc(-c2cc3ccoc3c3nc4ccccc4n23)cc1. The monoisotopic (exact) mass is 284 g/mol. The van der Waals surface area contributed by atoms with Crippen molar-refractivity contribution in [3.05, 3.63) is 73.0 Å². The minimum absolute atomic E-state index is 0.830. The maximum atomic E-state index is 5.67. The van der Waals surface area contributed by atoms with E-state index in [2.05, 4.69) is 40.8 Å². The second-order valence-corrected chi connectivity index (χ2v) is 5.36. The summed E-state index contributed by atoms with van der Waals surface area (Å²) in [7, 11) is 0. The highest BCUT2D eigenvalue weighted by atomic mass is 16.3. The Hall–Kier alpha value is -3.07. The summed E-state index contributed by atoms with van der Waals surface area (Å²) in [5.74, 6) is 0. The van der Waals surface area contributed by atoms with Crippen LogP contribution in [-0.4, -0.2) is 9.38 Å². The predicted octanol–water partition coefficient (Wildman–Crippen LogP) is 4.90. The number of nitrogens with zero attached hydrogens (tertiary/aromatic N) is 2. The van der Waals surface area contributed by atoms with E-state index in [1.807, 2.05) is 30.3 Å². The molecule has 5 aromatic rings. The van der Waals surface area contributed by atoms with Crippen LogP contribution in [0.4, 0.5) is 0 Å². The van der Waals surface area contributed by atoms with Gasteiger partial charge in [0.25, 0.3) is 0 Å². The maximum absolute atomic E-state index is 5.67. The van der Waals surface area contributed by atoms with E-state index < -0.39 is 0 Å². The number of aromatic nitrogens is 2. The summed E-state index contributed by atoms with van der Waals surface area (Å²) >= 11 is 0. The van der Waals surface area contributed by atoms with Gasteiger partial charge < -0.3 is 4.42 Å². The normalized spacial score (nSPS) is 11.6. The second-order valence-electron chi connectivity index (χ2n) is 5.36. The lowest BCUT2D eigenvalue weighted by molar-refractivity contribution is 0.617. The molecule has 104 valence electrons. The van der Waals surface area contributed by atoms with Gasteiger partial charge in [-0.3, -0.25) is 4.40 Å². The Bertz CT molecular complexity index is 1120. The van der Waals surface area contributed by atoms with Crippen LogP contribution < -0.4 is 0 Å². The minimum atomic E-state index is 0.830. The molecule has 0 aliphatic rings. The van der Waals surface area contributed by atoms with Crippen molar-refractivity contribution in [3.8, 4) is 11.3 Å². The van der Waals surface area contributed by atoms with Gasteiger partial charge in [0.05, 0.1) is 23.0 Å². The standard InChI is InChI=1S/C19H12N2O/c1-2-6-13(7-3-1)17-12-14-10-11-22-18(14)19-20-15-8-4-5-9-16(15)21(17)19/h1-12H. The summed E-state index contributed by atoms with van der Waals surface area (Å²) in [6.07, 6.45) is 1.72. The van der Waals surface area contributed by atoms with Crippen LogP contribution in [0.2, 0.25) is 0 Å². The van der Waals surface area contributed by atoms with Gasteiger partial charge in [0.2, 0.25) is 0 Å². The third-order valence-corrected chi connectivity index (χ3v) is 4.06. The lowest BCUT2D eigenvalue weighted by atomic mass is 10.1. The van der Waals surface area contributed by atoms with Crippen LogP contribution in [0.1, 0.15) is 0 Å². The van der Waals surface area contributed by atoms with Crippen LogP contribution in [-0.2, 0) is 0 Å². The van der Waals surface area contributed by atoms with Gasteiger partial charge in [-0.15, -0.1) is 0 Å². The molecule has 0 amide bonds. The zero-order valence-electron chi connectivity index (χ0n) is 11.7. The van der Waals surface area contributed by atoms with Crippen molar-refractivity contribution in [3.63, 3.8) is 0 Å². The molecule has 3 aromatic heterocycles. The largest absolute Gasteiger partial charge is 0.460 e. The molecule has 0 saturated heterocycles. The quantitative estimate of drug-likeness (QED) is 0.438. The van der Waals surface area contributed by atoms with E-state index in [9.17, 15) is 0 Å². The van der Waals surface area contributed by atoms with Crippen LogP contribution in [0.3, 0.4) is 0 Å². The lowest BCUT2D eigenvalue weighted by Gasteiger charge is -2.07. The van der Waals surface area contributed by atoms with Crippen molar-refractivity contribution in [2.75, 3.05) is 0 Å². The van der Waals surface area contributed by atoms with E-state index in [0.717, 1.165) is 33.3 Å². The van der Waals surface area contributed by atoms with E-state index in [0.29, 0.717) is 0 Å². The average Bonchev–Trinajstić information content (AvgIpc) is 3.19. The molecule has 0 radical (unpaired) electrons. The maximum Gasteiger partial charge on any atom is 0.182 e. The van der Waals surface area contributed by atoms with Crippen molar-refractivity contribution in [2.45, 2.75) is 0 Å². The highest BCUT2D eigenvalue weighted by molar-refractivity contribution is 5.98. The van der Waals surface area contributed by atoms with Gasteiger partial charge in [0.1, 0.15) is 0 Å². The third-order valence-electron chi connectivity index (χ3n) is 4.06. The van der Waals surface area contributed by atoms with Crippen molar-refractivity contribution in [1.82, 2.24) is 9.38 Å². The molecule has 0 aliphatic heterocycles. The van der Waals surface area contributed by atoms with Gasteiger partial charge in [0.15, 0.2) is 11.2 Å². The van der Waals surface area contributed by atoms with E-state index in [4.69, 9.17) is 9.40 Å². The van der Waals surface area contributed by atoms with E-state index >= 15 is 0 Å². The highest BCUT2D eigenvalue weighted by Gasteiger charge is 2.15. The van der Waals surface area contributed by atoms with Crippen LogP contribution in [0.25, 0.3) is 38.9 Å². The molecular formula is C19H12N2O. The summed E-state index contributed by atoms with van der Waals surface area (Å²) in [5, 5.41) is 1.07. The summed E-state index contributed by atoms with van der Waals surface area (Å²) in [6.45, 7) is 0. The molecule has 2 aromatic carbocycles. The Morgan fingerprint density at radius 2 is 1.68 bits per heavy atom. The van der Waals surface area contributed by atoms with Crippen molar-refractivity contribution in [2.24, 2.45) is 0 Å². The first kappa shape index (κ1) is 11.6. The molecule has 0 bridgehead atoms. The van der Waals surface area contributed by atoms with E-state index in [-0.39, 0.29) is 0 Å². The Labute approximate surface area is 126 Å². The van der Waals surface area contributed by atoms with Crippen LogP contribution in [0.5, 0.6) is 0 Å². The van der Waals surface area contributed by atoms with E-state index in [1.54, 1.807) is 6.26 Å². The number of furan rings is 1. The van der Waals surface area contributed by atoms with Crippen molar-refractivity contribution >= 4 is 27.6 Å². The fourth-order valence-corrected chi connectivity index (χ4v) is 3.07. The summed E-state index contributed by atoms with van der Waals surface area (Å²) in [6, 6.07) is 22.7. The first-order valence-corrected chi connectivity index (χ1v) is 7.25. The molecule has 0 fully saturated rings. The summed E-state index contributed by atoms with van der Waals surface area (Å²) < 4.78 is 7.85. The molecule has 0 N–H and O–H groups in total. The number of benzene rings is 2. The smallest absolute Gasteiger partial charge is 0.182 e. The molecule has 22 heavy (non-hydrogen) atoms. The number of imidazole rings is 1. The molecule has 3 heterocycles. The second kappa shape index (κ2) is 4.21. The van der Waals surface area contributed by atoms with Crippen LogP contribution >= 0.6 is 0 Å². The molecule has 0 atom stereocenters. The zero-order valence-corrected chi connectivity index (χ0v) is 11.7. The fourth-order valence-electron chi connectivity index (χ4n) is 3.07. The van der Waals surface area contributed by atoms with Crippen LogP contribution in [0.15, 0.2) is 77.4 Å². The number of hydrogen-bond donors (Lipinski definition) is 0. The molecule has 0 spiro atoms. The first-order valence-electron chi connectivity index (χ1n) is 7.25. The average molecular weight is 284 g/mol. The summed E-state index contributed by atoms with van der Waals surface area (Å²) in [4.78, 5) is 4.77. The van der Waals surface area contributed by atoms with Gasteiger partial charge in [-0.05, 0) is 29.8 Å². The molecule has 5 rings (SSSR count). The topological polar surface area (TPSA) is 30.4 Å². The molecule has 3 nitrogen and oxygen atoms in total. The minimum Gasteiger partial charge on any atom is -0.460 e. The third kappa shape index (κ3) is 1.48. The predicted molar refractivity (Wildman–Crippen MR) is 87.9 cm³/mol. The number of fused-ring (bicyclic) bond motifs is 5. The van der Waals surface area contributed by atoms with Gasteiger partial charge in [-0.2, -0.15) is 0 Å². The molecule has 0 saturated carbocycles. The zero-order chi connectivity index (χ0) is 14.5. The van der Waals surface area contributed by atoms with Gasteiger partial charge >= 0.3 is 0 Å². The van der Waals surface area contributed by atoms with Crippen LogP contribution in [0, 0.1) is 0 Å².